The van der Waals surface area contributed by atoms with E-state index in [2.05, 4.69) is 15.5 Å². The molecule has 1 aromatic heterocycles. The molecule has 0 radical (unpaired) electrons. The van der Waals surface area contributed by atoms with Crippen molar-refractivity contribution in [2.45, 2.75) is 18.2 Å². The molecule has 17 heavy (non-hydrogen) atoms. The van der Waals surface area contributed by atoms with Crippen LogP contribution < -0.4 is 5.32 Å². The number of nitrogens with zero attached hydrogens (tertiary/aromatic N) is 2. The van der Waals surface area contributed by atoms with Gasteiger partial charge in [-0.1, -0.05) is 0 Å². The highest BCUT2D eigenvalue weighted by Crippen LogP contribution is 2.16. The van der Waals surface area contributed by atoms with Crippen molar-refractivity contribution in [1.29, 1.82) is 0 Å². The zero-order valence-corrected chi connectivity index (χ0v) is 10.8. The van der Waals surface area contributed by atoms with Crippen molar-refractivity contribution in [1.82, 2.24) is 19.8 Å². The fourth-order valence-corrected chi connectivity index (χ4v) is 2.56. The molecule has 0 bridgehead atoms. The van der Waals surface area contributed by atoms with Crippen LogP contribution in [0, 0.1) is 6.92 Å². The number of amides is 1. The summed E-state index contributed by atoms with van der Waals surface area (Å²) in [6, 6.07) is 0. The van der Waals surface area contributed by atoms with E-state index in [1.54, 1.807) is 6.92 Å². The van der Waals surface area contributed by atoms with Crippen molar-refractivity contribution >= 4 is 15.9 Å². The van der Waals surface area contributed by atoms with Crippen molar-refractivity contribution in [3.8, 4) is 0 Å². The molecule has 0 unspecified atom stereocenters. The van der Waals surface area contributed by atoms with Crippen LogP contribution in [0.1, 0.15) is 12.1 Å². The first kappa shape index (κ1) is 13.7. The second-order valence-electron chi connectivity index (χ2n) is 3.61. The van der Waals surface area contributed by atoms with Gasteiger partial charge in [-0.05, 0) is 6.92 Å². The van der Waals surface area contributed by atoms with Crippen LogP contribution >= 0.6 is 0 Å². The molecule has 1 aromatic rings. The molecule has 0 spiro atoms. The fraction of sp³-hybridized carbons (Fsp3) is 0.556. The highest BCUT2D eigenvalue weighted by Gasteiger charge is 2.24. The lowest BCUT2D eigenvalue weighted by atomic mass is 10.4. The van der Waals surface area contributed by atoms with E-state index in [-0.39, 0.29) is 23.8 Å². The number of aromatic amines is 1. The number of aryl methyl sites for hydroxylation is 1. The van der Waals surface area contributed by atoms with Gasteiger partial charge in [-0.25, -0.2) is 12.7 Å². The minimum absolute atomic E-state index is 0.128. The molecule has 7 nitrogen and oxygen atoms in total. The number of aromatic nitrogens is 2. The summed E-state index contributed by atoms with van der Waals surface area (Å²) in [5, 5.41) is 8.68. The third-order valence-electron chi connectivity index (χ3n) is 2.40. The van der Waals surface area contributed by atoms with Crippen molar-refractivity contribution in [3.63, 3.8) is 0 Å². The number of sulfonamides is 1. The quantitative estimate of drug-likeness (QED) is 0.744. The maximum absolute atomic E-state index is 12.0. The molecule has 0 saturated carbocycles. The van der Waals surface area contributed by atoms with E-state index in [1.165, 1.54) is 20.3 Å². The molecule has 8 heteroatoms. The smallest absolute Gasteiger partial charge is 0.246 e. The average molecular weight is 260 g/mol. The first-order valence-corrected chi connectivity index (χ1v) is 6.50. The number of nitrogens with one attached hydrogen (secondary N) is 2. The molecule has 96 valence electrons. The summed E-state index contributed by atoms with van der Waals surface area (Å²) < 4.78 is 25.2. The van der Waals surface area contributed by atoms with E-state index in [0.29, 0.717) is 5.69 Å². The van der Waals surface area contributed by atoms with Gasteiger partial charge in [-0.2, -0.15) is 5.10 Å². The fourth-order valence-electron chi connectivity index (χ4n) is 1.27. The van der Waals surface area contributed by atoms with E-state index in [9.17, 15) is 13.2 Å². The Bertz CT molecular complexity index is 494. The summed E-state index contributed by atoms with van der Waals surface area (Å²) in [6.45, 7) is 1.76. The molecule has 0 aliphatic carbocycles. The van der Waals surface area contributed by atoms with Crippen LogP contribution in [0.3, 0.4) is 0 Å². The third-order valence-corrected chi connectivity index (χ3v) is 4.38. The first-order chi connectivity index (χ1) is 7.89. The van der Waals surface area contributed by atoms with Crippen LogP contribution in [0.25, 0.3) is 0 Å². The third kappa shape index (κ3) is 3.04. The van der Waals surface area contributed by atoms with Crippen LogP contribution in [0.15, 0.2) is 11.1 Å². The predicted octanol–water partition coefficient (Wildman–Crippen LogP) is -0.525. The second-order valence-corrected chi connectivity index (χ2v) is 5.62. The Balaban J connectivity index is 2.78. The van der Waals surface area contributed by atoms with Crippen molar-refractivity contribution < 1.29 is 13.2 Å². The van der Waals surface area contributed by atoms with E-state index in [4.69, 9.17) is 0 Å². The average Bonchev–Trinajstić information content (AvgIpc) is 2.72. The lowest BCUT2D eigenvalue weighted by molar-refractivity contribution is -0.120. The number of hydrogen-bond donors (Lipinski definition) is 2. The van der Waals surface area contributed by atoms with E-state index >= 15 is 0 Å². The Kier molecular flexibility index (Phi) is 4.24. The van der Waals surface area contributed by atoms with Crippen LogP contribution in [0.5, 0.6) is 0 Å². The monoisotopic (exact) mass is 260 g/mol. The Morgan fingerprint density at radius 1 is 1.59 bits per heavy atom. The number of hydrogen-bond acceptors (Lipinski definition) is 4. The summed E-state index contributed by atoms with van der Waals surface area (Å²) in [5.74, 6) is -0.198. The molecular weight excluding hydrogens is 244 g/mol. The van der Waals surface area contributed by atoms with Crippen molar-refractivity contribution in [2.24, 2.45) is 0 Å². The number of H-pyrrole nitrogens is 1. The lowest BCUT2D eigenvalue weighted by Gasteiger charge is -2.15. The topological polar surface area (TPSA) is 95.2 Å². The Morgan fingerprint density at radius 2 is 2.24 bits per heavy atom. The van der Waals surface area contributed by atoms with Crippen LogP contribution in [-0.4, -0.2) is 49.5 Å². The van der Waals surface area contributed by atoms with Crippen LogP contribution in [0.2, 0.25) is 0 Å². The maximum Gasteiger partial charge on any atom is 0.246 e. The first-order valence-electron chi connectivity index (χ1n) is 5.06. The summed E-state index contributed by atoms with van der Waals surface area (Å²) >= 11 is 0. The molecule has 0 atom stereocenters. The Labute approximate surface area is 100 Å². The molecule has 0 fully saturated rings. The van der Waals surface area contributed by atoms with Gasteiger partial charge < -0.3 is 5.32 Å². The Morgan fingerprint density at radius 3 is 2.71 bits per heavy atom. The van der Waals surface area contributed by atoms with Gasteiger partial charge in [0.15, 0.2) is 0 Å². The molecule has 1 rings (SSSR count). The predicted molar refractivity (Wildman–Crippen MR) is 61.8 cm³/mol. The van der Waals surface area contributed by atoms with Crippen molar-refractivity contribution in [3.05, 3.63) is 11.9 Å². The summed E-state index contributed by atoms with van der Waals surface area (Å²) in [5.41, 5.74) is 0.483. The van der Waals surface area contributed by atoms with Gasteiger partial charge in [-0.3, -0.25) is 9.89 Å². The van der Waals surface area contributed by atoms with Crippen LogP contribution in [0.4, 0.5) is 0 Å². The normalized spacial score (nSPS) is 11.8. The highest BCUT2D eigenvalue weighted by molar-refractivity contribution is 7.89. The summed E-state index contributed by atoms with van der Waals surface area (Å²) in [4.78, 5) is 11.2. The maximum atomic E-state index is 12.0. The van der Waals surface area contributed by atoms with E-state index < -0.39 is 10.0 Å². The number of carbonyl (C=O) groups excluding carboxylic acids is 1. The minimum atomic E-state index is -3.57. The minimum Gasteiger partial charge on any atom is -0.359 e. The van der Waals surface area contributed by atoms with Gasteiger partial charge in [0.1, 0.15) is 4.90 Å². The molecule has 0 aliphatic rings. The number of carbonyl (C=O) groups is 1. The largest absolute Gasteiger partial charge is 0.359 e. The molecule has 1 heterocycles. The van der Waals surface area contributed by atoms with E-state index in [1.807, 2.05) is 0 Å². The molecule has 2 N–H and O–H groups in total. The highest BCUT2D eigenvalue weighted by atomic mass is 32.2. The van der Waals surface area contributed by atoms with Gasteiger partial charge in [-0.15, -0.1) is 0 Å². The van der Waals surface area contributed by atoms with Gasteiger partial charge in [0, 0.05) is 27.1 Å². The lowest BCUT2D eigenvalue weighted by Crippen LogP contribution is -2.31. The van der Waals surface area contributed by atoms with Gasteiger partial charge in [0.05, 0.1) is 11.9 Å². The Hall–Kier alpha value is -1.41. The SMILES string of the molecule is CNC(=O)CCN(C)S(=O)(=O)c1cn[nH]c1C. The number of rotatable bonds is 5. The molecule has 0 saturated heterocycles. The van der Waals surface area contributed by atoms with Gasteiger partial charge in [0.25, 0.3) is 0 Å². The molecular formula is C9H16N4O3S. The van der Waals surface area contributed by atoms with Gasteiger partial charge >= 0.3 is 0 Å². The summed E-state index contributed by atoms with van der Waals surface area (Å²) in [7, 11) is -0.624. The van der Waals surface area contributed by atoms with Crippen LogP contribution in [-0.2, 0) is 14.8 Å². The molecule has 0 aliphatic heterocycles. The van der Waals surface area contributed by atoms with Crippen molar-refractivity contribution in [2.75, 3.05) is 20.6 Å². The molecule has 1 amide bonds. The standard InChI is InChI=1S/C9H16N4O3S/c1-7-8(6-11-12-7)17(15,16)13(3)5-4-9(14)10-2/h6H,4-5H2,1-3H3,(H,10,14)(H,11,12). The molecule has 0 aromatic carbocycles. The zero-order valence-electron chi connectivity index (χ0n) is 10.0. The second kappa shape index (κ2) is 5.28. The van der Waals surface area contributed by atoms with Gasteiger partial charge in [0.2, 0.25) is 15.9 Å². The zero-order chi connectivity index (χ0) is 13.1. The summed E-state index contributed by atoms with van der Waals surface area (Å²) in [6.07, 6.45) is 1.39. The van der Waals surface area contributed by atoms with E-state index in [0.717, 1.165) is 4.31 Å².